The molecule has 2 aromatic heterocycles. The predicted octanol–water partition coefficient (Wildman–Crippen LogP) is 5.43. The first-order chi connectivity index (χ1) is 13.3. The van der Waals surface area contributed by atoms with E-state index in [1.807, 2.05) is 34.9 Å². The molecule has 0 saturated carbocycles. The SMILES string of the molecule is CCOC(=O)c1cc2ccccn2c1C#CCOS(C(C)C)(C(C)C)C(C)C. The number of fused-ring (bicyclic) bond motifs is 1. The number of esters is 1. The standard InChI is InChI=1S/C23H33NO3S/c1-8-26-23(25)21-16-20-12-9-10-14-24(20)22(21)13-11-15-27-28(17(2)3,18(4)5)19(6)7/h9-10,12,14,16-19H,8,15H2,1-7H3. The van der Waals surface area contributed by atoms with Crippen LogP contribution in [0.15, 0.2) is 30.5 Å². The molecule has 0 saturated heterocycles. The average Bonchev–Trinajstić information content (AvgIpc) is 3.00. The minimum atomic E-state index is -1.27. The third-order valence-corrected chi connectivity index (χ3v) is 9.87. The zero-order valence-corrected chi connectivity index (χ0v) is 18.9. The summed E-state index contributed by atoms with van der Waals surface area (Å²) in [6.45, 7) is 15.9. The molecule has 0 fully saturated rings. The molecule has 28 heavy (non-hydrogen) atoms. The average molecular weight is 404 g/mol. The molecule has 0 amide bonds. The minimum Gasteiger partial charge on any atom is -0.462 e. The van der Waals surface area contributed by atoms with Gasteiger partial charge in [0, 0.05) is 27.5 Å². The lowest BCUT2D eigenvalue weighted by atomic mass is 10.2. The van der Waals surface area contributed by atoms with Crippen LogP contribution in [0.5, 0.6) is 0 Å². The molecule has 2 aromatic rings. The van der Waals surface area contributed by atoms with Crippen molar-refractivity contribution in [2.45, 2.75) is 64.2 Å². The number of carbonyl (C=O) groups is 1. The second-order valence-electron chi connectivity index (χ2n) is 7.53. The van der Waals surface area contributed by atoms with Gasteiger partial charge in [-0.25, -0.2) is 4.79 Å². The number of rotatable bonds is 7. The van der Waals surface area contributed by atoms with Gasteiger partial charge in [0.2, 0.25) is 0 Å². The first kappa shape index (κ1) is 22.4. The lowest BCUT2D eigenvalue weighted by Crippen LogP contribution is -2.30. The van der Waals surface area contributed by atoms with Crippen molar-refractivity contribution in [3.05, 3.63) is 41.7 Å². The van der Waals surface area contributed by atoms with Crippen LogP contribution in [-0.2, 0) is 8.92 Å². The highest BCUT2D eigenvalue weighted by Crippen LogP contribution is 2.61. The molecule has 0 aliphatic heterocycles. The summed E-state index contributed by atoms with van der Waals surface area (Å²) in [5, 5.41) is 1.37. The Morgan fingerprint density at radius 3 is 2.32 bits per heavy atom. The van der Waals surface area contributed by atoms with Gasteiger partial charge in [0.25, 0.3) is 0 Å². The number of carbonyl (C=O) groups excluding carboxylic acids is 1. The lowest BCUT2D eigenvalue weighted by Gasteiger charge is -2.49. The van der Waals surface area contributed by atoms with Gasteiger partial charge in [-0.2, -0.15) is 0 Å². The molecule has 0 N–H and O–H groups in total. The Kier molecular flexibility index (Phi) is 7.63. The quantitative estimate of drug-likeness (QED) is 0.457. The molecule has 0 bridgehead atoms. The first-order valence-corrected chi connectivity index (χ1v) is 11.7. The number of hydrogen-bond donors (Lipinski definition) is 0. The predicted molar refractivity (Wildman–Crippen MR) is 119 cm³/mol. The smallest absolute Gasteiger partial charge is 0.341 e. The highest BCUT2D eigenvalue weighted by molar-refractivity contribution is 8.31. The molecule has 154 valence electrons. The van der Waals surface area contributed by atoms with E-state index in [1.54, 1.807) is 6.92 Å². The number of aromatic nitrogens is 1. The molecule has 2 heterocycles. The Morgan fingerprint density at radius 2 is 1.75 bits per heavy atom. The van der Waals surface area contributed by atoms with Gasteiger partial charge in [0.15, 0.2) is 0 Å². The fourth-order valence-corrected chi connectivity index (χ4v) is 8.25. The van der Waals surface area contributed by atoms with Crippen LogP contribution in [0.3, 0.4) is 0 Å². The maximum Gasteiger partial charge on any atom is 0.341 e. The second kappa shape index (κ2) is 9.54. The summed E-state index contributed by atoms with van der Waals surface area (Å²) in [6.07, 6.45) is 1.91. The Hall–Kier alpha value is -1.90. The topological polar surface area (TPSA) is 39.9 Å². The van der Waals surface area contributed by atoms with E-state index >= 15 is 0 Å². The van der Waals surface area contributed by atoms with E-state index in [2.05, 4.69) is 53.4 Å². The second-order valence-corrected chi connectivity index (χ2v) is 12.0. The van der Waals surface area contributed by atoms with Crippen molar-refractivity contribution < 1.29 is 13.7 Å². The summed E-state index contributed by atoms with van der Waals surface area (Å²) < 4.78 is 13.6. The van der Waals surface area contributed by atoms with Gasteiger partial charge < -0.3 is 13.3 Å². The van der Waals surface area contributed by atoms with Gasteiger partial charge in [-0.1, -0.05) is 53.5 Å². The van der Waals surface area contributed by atoms with Gasteiger partial charge in [0.05, 0.1) is 12.2 Å². The van der Waals surface area contributed by atoms with Gasteiger partial charge in [-0.15, -0.1) is 10.3 Å². The van der Waals surface area contributed by atoms with Crippen LogP contribution in [0, 0.1) is 11.8 Å². The number of nitrogens with zero attached hydrogens (tertiary/aromatic N) is 1. The molecule has 0 aromatic carbocycles. The van der Waals surface area contributed by atoms with Crippen molar-refractivity contribution in [3.63, 3.8) is 0 Å². The fourth-order valence-electron chi connectivity index (χ4n) is 3.91. The van der Waals surface area contributed by atoms with E-state index in [-0.39, 0.29) is 5.97 Å². The third kappa shape index (κ3) is 4.39. The minimum absolute atomic E-state index is 0.337. The van der Waals surface area contributed by atoms with E-state index in [0.717, 1.165) is 5.52 Å². The number of pyridine rings is 1. The maximum absolute atomic E-state index is 12.4. The molecule has 0 aliphatic rings. The van der Waals surface area contributed by atoms with E-state index in [9.17, 15) is 4.79 Å². The van der Waals surface area contributed by atoms with E-state index in [1.165, 1.54) is 0 Å². The molecule has 0 radical (unpaired) electrons. The van der Waals surface area contributed by atoms with E-state index < -0.39 is 10.3 Å². The van der Waals surface area contributed by atoms with Crippen molar-refractivity contribution in [1.82, 2.24) is 4.40 Å². The van der Waals surface area contributed by atoms with Gasteiger partial charge in [-0.05, 0) is 31.0 Å². The molecule has 5 heteroatoms. The van der Waals surface area contributed by atoms with E-state index in [0.29, 0.717) is 40.2 Å². The highest BCUT2D eigenvalue weighted by Gasteiger charge is 2.35. The zero-order valence-electron chi connectivity index (χ0n) is 18.1. The van der Waals surface area contributed by atoms with Crippen LogP contribution < -0.4 is 0 Å². The summed E-state index contributed by atoms with van der Waals surface area (Å²) in [6, 6.07) is 7.65. The zero-order chi connectivity index (χ0) is 20.9. The number of hydrogen-bond acceptors (Lipinski definition) is 3. The molecule has 2 rings (SSSR count). The van der Waals surface area contributed by atoms with Crippen LogP contribution in [0.2, 0.25) is 0 Å². The largest absolute Gasteiger partial charge is 0.462 e. The molecule has 0 spiro atoms. The lowest BCUT2D eigenvalue weighted by molar-refractivity contribution is 0.0526. The Balaban J connectivity index is 2.34. The summed E-state index contributed by atoms with van der Waals surface area (Å²) in [7, 11) is -1.27. The van der Waals surface area contributed by atoms with Crippen molar-refractivity contribution in [2.75, 3.05) is 13.2 Å². The van der Waals surface area contributed by atoms with Gasteiger partial charge in [0.1, 0.15) is 12.3 Å². The van der Waals surface area contributed by atoms with Crippen molar-refractivity contribution in [3.8, 4) is 11.8 Å². The van der Waals surface area contributed by atoms with Crippen LogP contribution in [0.4, 0.5) is 0 Å². The summed E-state index contributed by atoms with van der Waals surface area (Å²) in [5.74, 6) is 5.98. The highest BCUT2D eigenvalue weighted by atomic mass is 32.3. The molecular weight excluding hydrogens is 370 g/mol. The molecule has 0 aliphatic carbocycles. The maximum atomic E-state index is 12.4. The Labute approximate surface area is 171 Å². The first-order valence-electron chi connectivity index (χ1n) is 9.96. The van der Waals surface area contributed by atoms with Crippen LogP contribution >= 0.6 is 10.3 Å². The van der Waals surface area contributed by atoms with Gasteiger partial charge >= 0.3 is 5.97 Å². The van der Waals surface area contributed by atoms with Gasteiger partial charge in [-0.3, -0.25) is 0 Å². The normalized spacial score (nSPS) is 12.5. The molecule has 0 unspecified atom stereocenters. The van der Waals surface area contributed by atoms with Crippen LogP contribution in [0.1, 0.15) is 64.5 Å². The molecular formula is C23H33NO3S. The third-order valence-electron chi connectivity index (χ3n) is 4.93. The number of ether oxygens (including phenoxy) is 1. The molecule has 4 nitrogen and oxygen atoms in total. The summed E-state index contributed by atoms with van der Waals surface area (Å²) in [5.41, 5.74) is 2.06. The fraction of sp³-hybridized carbons (Fsp3) is 0.522. The molecule has 0 atom stereocenters. The van der Waals surface area contributed by atoms with Crippen molar-refractivity contribution in [2.24, 2.45) is 0 Å². The van der Waals surface area contributed by atoms with Crippen LogP contribution in [0.25, 0.3) is 5.52 Å². The van der Waals surface area contributed by atoms with Crippen LogP contribution in [-0.4, -0.2) is 39.3 Å². The van der Waals surface area contributed by atoms with Crippen molar-refractivity contribution in [1.29, 1.82) is 0 Å². The summed E-state index contributed by atoms with van der Waals surface area (Å²) >= 11 is 0. The van der Waals surface area contributed by atoms with E-state index in [4.69, 9.17) is 8.92 Å². The van der Waals surface area contributed by atoms with Crippen molar-refractivity contribution >= 4 is 21.8 Å². The Morgan fingerprint density at radius 1 is 1.11 bits per heavy atom. The Bertz CT molecular complexity index is 849. The summed E-state index contributed by atoms with van der Waals surface area (Å²) in [4.78, 5) is 12.4. The monoisotopic (exact) mass is 403 g/mol.